The number of rotatable bonds is 8. The summed E-state index contributed by atoms with van der Waals surface area (Å²) < 4.78 is 30.7. The first-order valence-electron chi connectivity index (χ1n) is 7.19. The summed E-state index contributed by atoms with van der Waals surface area (Å²) >= 11 is 0. The van der Waals surface area contributed by atoms with E-state index in [0.717, 1.165) is 10.7 Å². The van der Waals surface area contributed by atoms with Crippen LogP contribution in [0.15, 0.2) is 23.1 Å². The van der Waals surface area contributed by atoms with Crippen LogP contribution < -0.4 is 10.1 Å². The lowest BCUT2D eigenvalue weighted by atomic mass is 10.1. The van der Waals surface area contributed by atoms with Crippen molar-refractivity contribution in [1.82, 2.24) is 9.62 Å². The zero-order chi connectivity index (χ0) is 16.8. The SMILES string of the molecule is CCCNC(=O)CCc1cc(S(=O)(=O)N(C)C)ccc1OC. The van der Waals surface area contributed by atoms with Crippen molar-refractivity contribution < 1.29 is 17.9 Å². The summed E-state index contributed by atoms with van der Waals surface area (Å²) in [6.07, 6.45) is 1.60. The minimum atomic E-state index is -3.50. The number of nitrogens with one attached hydrogen (secondary N) is 1. The Morgan fingerprint density at radius 3 is 2.55 bits per heavy atom. The molecule has 0 aromatic heterocycles. The third-order valence-corrected chi connectivity index (χ3v) is 5.04. The van der Waals surface area contributed by atoms with Crippen LogP contribution in [0.1, 0.15) is 25.3 Å². The maximum absolute atomic E-state index is 12.2. The molecule has 0 atom stereocenters. The van der Waals surface area contributed by atoms with Crippen LogP contribution in [0.3, 0.4) is 0 Å². The Kier molecular flexibility index (Phi) is 6.83. The largest absolute Gasteiger partial charge is 0.496 e. The van der Waals surface area contributed by atoms with Gasteiger partial charge in [0.15, 0.2) is 0 Å². The van der Waals surface area contributed by atoms with Gasteiger partial charge in [0, 0.05) is 27.1 Å². The normalized spacial score (nSPS) is 11.5. The predicted octanol–water partition coefficient (Wildman–Crippen LogP) is 1.40. The first-order chi connectivity index (χ1) is 10.3. The van der Waals surface area contributed by atoms with Crippen LogP contribution in [0.5, 0.6) is 5.75 Å². The van der Waals surface area contributed by atoms with Crippen molar-refractivity contribution in [2.75, 3.05) is 27.7 Å². The summed E-state index contributed by atoms with van der Waals surface area (Å²) in [5.74, 6) is 0.533. The molecule has 22 heavy (non-hydrogen) atoms. The highest BCUT2D eigenvalue weighted by molar-refractivity contribution is 7.89. The van der Waals surface area contributed by atoms with E-state index < -0.39 is 10.0 Å². The maximum Gasteiger partial charge on any atom is 0.242 e. The van der Waals surface area contributed by atoms with E-state index in [1.54, 1.807) is 12.1 Å². The molecule has 0 bridgehead atoms. The van der Waals surface area contributed by atoms with Gasteiger partial charge in [-0.2, -0.15) is 0 Å². The molecule has 1 aromatic carbocycles. The lowest BCUT2D eigenvalue weighted by molar-refractivity contribution is -0.121. The van der Waals surface area contributed by atoms with Crippen molar-refractivity contribution in [3.63, 3.8) is 0 Å². The highest BCUT2D eigenvalue weighted by Crippen LogP contribution is 2.25. The van der Waals surface area contributed by atoms with Crippen molar-refractivity contribution in [2.24, 2.45) is 0 Å². The minimum Gasteiger partial charge on any atom is -0.496 e. The standard InChI is InChI=1S/C15H24N2O4S/c1-5-10-16-15(18)9-6-12-11-13(7-8-14(12)21-4)22(19,20)17(2)3/h7-8,11H,5-6,9-10H2,1-4H3,(H,16,18). The summed E-state index contributed by atoms with van der Waals surface area (Å²) in [5.41, 5.74) is 0.706. The van der Waals surface area contributed by atoms with E-state index in [2.05, 4.69) is 5.32 Å². The van der Waals surface area contributed by atoms with Crippen molar-refractivity contribution in [3.8, 4) is 5.75 Å². The molecule has 1 aromatic rings. The molecule has 124 valence electrons. The molecule has 0 aliphatic rings. The van der Waals surface area contributed by atoms with E-state index in [1.165, 1.54) is 27.3 Å². The molecular weight excluding hydrogens is 304 g/mol. The van der Waals surface area contributed by atoms with Gasteiger partial charge in [-0.3, -0.25) is 4.79 Å². The van der Waals surface area contributed by atoms with E-state index in [9.17, 15) is 13.2 Å². The Bertz CT molecular complexity index is 612. The summed E-state index contributed by atoms with van der Waals surface area (Å²) in [7, 11) is 0.991. The fourth-order valence-electron chi connectivity index (χ4n) is 1.92. The number of carbonyl (C=O) groups excluding carboxylic acids is 1. The number of amides is 1. The quantitative estimate of drug-likeness (QED) is 0.783. The number of hydrogen-bond donors (Lipinski definition) is 1. The van der Waals surface area contributed by atoms with Crippen LogP contribution in [-0.2, 0) is 21.2 Å². The molecule has 0 unspecified atom stereocenters. The Hall–Kier alpha value is -1.60. The summed E-state index contributed by atoms with van der Waals surface area (Å²) in [4.78, 5) is 11.9. The fourth-order valence-corrected chi connectivity index (χ4v) is 2.88. The first-order valence-corrected chi connectivity index (χ1v) is 8.63. The molecule has 0 fully saturated rings. The number of nitrogens with zero attached hydrogens (tertiary/aromatic N) is 1. The Morgan fingerprint density at radius 2 is 2.00 bits per heavy atom. The second kappa shape index (κ2) is 8.14. The molecule has 0 heterocycles. The van der Waals surface area contributed by atoms with E-state index in [-0.39, 0.29) is 10.8 Å². The second-order valence-corrected chi connectivity index (χ2v) is 7.26. The van der Waals surface area contributed by atoms with Gasteiger partial charge in [0.1, 0.15) is 5.75 Å². The van der Waals surface area contributed by atoms with Crippen LogP contribution in [0, 0.1) is 0 Å². The third kappa shape index (κ3) is 4.71. The minimum absolute atomic E-state index is 0.0511. The molecular formula is C15H24N2O4S. The van der Waals surface area contributed by atoms with Gasteiger partial charge in [0.25, 0.3) is 0 Å². The molecule has 1 rings (SSSR count). The average Bonchev–Trinajstić information content (AvgIpc) is 2.50. The second-order valence-electron chi connectivity index (χ2n) is 5.11. The molecule has 7 heteroatoms. The van der Waals surface area contributed by atoms with Gasteiger partial charge in [-0.15, -0.1) is 0 Å². The molecule has 0 radical (unpaired) electrons. The third-order valence-electron chi connectivity index (χ3n) is 3.22. The Labute approximate surface area is 132 Å². The number of methoxy groups -OCH3 is 1. The molecule has 0 saturated carbocycles. The van der Waals surface area contributed by atoms with Gasteiger partial charge < -0.3 is 10.1 Å². The summed E-state index contributed by atoms with van der Waals surface area (Å²) in [6, 6.07) is 4.70. The number of benzene rings is 1. The molecule has 0 spiro atoms. The molecule has 0 saturated heterocycles. The van der Waals surface area contributed by atoms with E-state index >= 15 is 0 Å². The van der Waals surface area contributed by atoms with Gasteiger partial charge >= 0.3 is 0 Å². The van der Waals surface area contributed by atoms with Crippen LogP contribution in [0.2, 0.25) is 0 Å². The molecule has 0 aliphatic heterocycles. The van der Waals surface area contributed by atoms with E-state index in [1.807, 2.05) is 6.92 Å². The fraction of sp³-hybridized carbons (Fsp3) is 0.533. The lowest BCUT2D eigenvalue weighted by Gasteiger charge is -2.14. The molecule has 1 N–H and O–H groups in total. The zero-order valence-corrected chi connectivity index (χ0v) is 14.4. The van der Waals surface area contributed by atoms with Crippen molar-refractivity contribution in [1.29, 1.82) is 0 Å². The highest BCUT2D eigenvalue weighted by Gasteiger charge is 2.19. The molecule has 0 aliphatic carbocycles. The van der Waals surface area contributed by atoms with Crippen LogP contribution in [-0.4, -0.2) is 46.4 Å². The van der Waals surface area contributed by atoms with E-state index in [4.69, 9.17) is 4.74 Å². The summed E-state index contributed by atoms with van der Waals surface area (Å²) in [5, 5.41) is 2.80. The summed E-state index contributed by atoms with van der Waals surface area (Å²) in [6.45, 7) is 2.63. The van der Waals surface area contributed by atoms with Crippen LogP contribution >= 0.6 is 0 Å². The Balaban J connectivity index is 2.95. The van der Waals surface area contributed by atoms with E-state index in [0.29, 0.717) is 30.7 Å². The van der Waals surface area contributed by atoms with Gasteiger partial charge in [-0.25, -0.2) is 12.7 Å². The first kappa shape index (κ1) is 18.4. The maximum atomic E-state index is 12.2. The van der Waals surface area contributed by atoms with Gasteiger partial charge in [-0.1, -0.05) is 6.92 Å². The van der Waals surface area contributed by atoms with Gasteiger partial charge in [-0.05, 0) is 36.6 Å². The smallest absolute Gasteiger partial charge is 0.242 e. The molecule has 1 amide bonds. The van der Waals surface area contributed by atoms with Crippen LogP contribution in [0.25, 0.3) is 0 Å². The van der Waals surface area contributed by atoms with Crippen molar-refractivity contribution in [2.45, 2.75) is 31.1 Å². The van der Waals surface area contributed by atoms with Gasteiger partial charge in [0.05, 0.1) is 12.0 Å². The number of hydrogen-bond acceptors (Lipinski definition) is 4. The number of aryl methyl sites for hydroxylation is 1. The van der Waals surface area contributed by atoms with Crippen molar-refractivity contribution >= 4 is 15.9 Å². The Morgan fingerprint density at radius 1 is 1.32 bits per heavy atom. The topological polar surface area (TPSA) is 75.7 Å². The van der Waals surface area contributed by atoms with Gasteiger partial charge in [0.2, 0.25) is 15.9 Å². The monoisotopic (exact) mass is 328 g/mol. The lowest BCUT2D eigenvalue weighted by Crippen LogP contribution is -2.24. The highest BCUT2D eigenvalue weighted by atomic mass is 32.2. The number of ether oxygens (including phenoxy) is 1. The number of carbonyl (C=O) groups is 1. The average molecular weight is 328 g/mol. The van der Waals surface area contributed by atoms with Crippen molar-refractivity contribution in [3.05, 3.63) is 23.8 Å². The number of sulfonamides is 1. The predicted molar refractivity (Wildman–Crippen MR) is 85.5 cm³/mol. The molecule has 6 nitrogen and oxygen atoms in total. The zero-order valence-electron chi connectivity index (χ0n) is 13.5. The van der Waals surface area contributed by atoms with Crippen LogP contribution in [0.4, 0.5) is 0 Å².